The number of para-hydroxylation sites is 2. The van der Waals surface area contributed by atoms with Gasteiger partial charge in [-0.05, 0) is 95.1 Å². The number of rotatable bonds is 8. The van der Waals surface area contributed by atoms with Crippen LogP contribution in [0.1, 0.15) is 11.1 Å². The van der Waals surface area contributed by atoms with Crippen molar-refractivity contribution in [1.29, 1.82) is 0 Å². The minimum Gasteiger partial charge on any atom is -0.307 e. The van der Waals surface area contributed by atoms with Gasteiger partial charge in [-0.2, -0.15) is 0 Å². The largest absolute Gasteiger partial charge is 0.307 e. The molecule has 0 heterocycles. The lowest BCUT2D eigenvalue weighted by molar-refractivity contribution is 0.584. The Hall–Kier alpha value is -7.44. The Morgan fingerprint density at radius 3 is 1.12 bits per heavy atom. The summed E-state index contributed by atoms with van der Waals surface area (Å²) in [4.78, 5) is 3.74. The van der Waals surface area contributed by atoms with E-state index in [9.17, 15) is 0 Å². The highest BCUT2D eigenvalue weighted by molar-refractivity contribution is 6.28. The van der Waals surface area contributed by atoms with Crippen LogP contribution in [0.3, 0.4) is 0 Å². The van der Waals surface area contributed by atoms with Gasteiger partial charge in [0.15, 0.2) is 11.6 Å². The van der Waals surface area contributed by atoms with Crippen LogP contribution in [-0.4, -0.2) is 0 Å². The standard InChI is InChI=1S/C54H36F4N2/c1-33-13-17-35(18-14-33)45-29-39(55)31-47(57)53(45)59(41-9-5-3-6-10-41)49-27-23-37-22-26-44-50(28-24-38-21-25-43(49)51(37)52(38)44)60(42-11-7-4-8-12-42)54-46(30-40(56)32-48(54)58)36-19-15-34(2)16-20-36/h3-32H,1-2H3. The smallest absolute Gasteiger partial charge is 0.150 e. The van der Waals surface area contributed by atoms with Gasteiger partial charge in [-0.3, -0.25) is 0 Å². The van der Waals surface area contributed by atoms with E-state index >= 15 is 17.6 Å². The van der Waals surface area contributed by atoms with Gasteiger partial charge in [0.05, 0.1) is 22.7 Å². The highest BCUT2D eigenvalue weighted by Gasteiger charge is 2.28. The first-order chi connectivity index (χ1) is 29.2. The maximum atomic E-state index is 16.6. The van der Waals surface area contributed by atoms with Gasteiger partial charge in [0.25, 0.3) is 0 Å². The number of benzene rings is 10. The van der Waals surface area contributed by atoms with Crippen molar-refractivity contribution >= 4 is 66.4 Å². The number of hydrogen-bond donors (Lipinski definition) is 0. The summed E-state index contributed by atoms with van der Waals surface area (Å²) in [6, 6.07) is 55.2. The van der Waals surface area contributed by atoms with Crippen molar-refractivity contribution in [3.05, 3.63) is 216 Å². The van der Waals surface area contributed by atoms with Gasteiger partial charge in [-0.1, -0.05) is 132 Å². The third-order valence-electron chi connectivity index (χ3n) is 11.4. The van der Waals surface area contributed by atoms with Gasteiger partial charge in [0.1, 0.15) is 11.6 Å². The van der Waals surface area contributed by atoms with Crippen LogP contribution in [0.4, 0.5) is 51.7 Å². The fraction of sp³-hybridized carbons (Fsp3) is 0.0370. The Morgan fingerprint density at radius 1 is 0.367 bits per heavy atom. The zero-order valence-electron chi connectivity index (χ0n) is 32.7. The monoisotopic (exact) mass is 788 g/mol. The first-order valence-electron chi connectivity index (χ1n) is 19.8. The number of anilines is 6. The minimum absolute atomic E-state index is 0.216. The number of aryl methyl sites for hydroxylation is 2. The van der Waals surface area contributed by atoms with Crippen LogP contribution < -0.4 is 9.80 Å². The average Bonchev–Trinajstić information content (AvgIpc) is 3.26. The van der Waals surface area contributed by atoms with Crippen molar-refractivity contribution in [2.75, 3.05) is 9.80 Å². The maximum Gasteiger partial charge on any atom is 0.150 e. The van der Waals surface area contributed by atoms with Gasteiger partial charge in [0, 0.05) is 45.4 Å². The highest BCUT2D eigenvalue weighted by atomic mass is 19.1. The van der Waals surface area contributed by atoms with Crippen LogP contribution in [0.25, 0.3) is 54.6 Å². The first kappa shape index (κ1) is 36.9. The van der Waals surface area contributed by atoms with Crippen LogP contribution in [0, 0.1) is 37.1 Å². The Bertz CT molecular complexity index is 2980. The van der Waals surface area contributed by atoms with E-state index in [4.69, 9.17) is 0 Å². The minimum atomic E-state index is -0.702. The van der Waals surface area contributed by atoms with E-state index in [-0.39, 0.29) is 11.4 Å². The summed E-state index contributed by atoms with van der Waals surface area (Å²) in [5, 5.41) is 5.44. The fourth-order valence-electron chi connectivity index (χ4n) is 8.58. The summed E-state index contributed by atoms with van der Waals surface area (Å²) < 4.78 is 63.7. The molecular formula is C54H36F4N2. The van der Waals surface area contributed by atoms with Crippen LogP contribution in [0.15, 0.2) is 182 Å². The molecule has 10 aromatic rings. The molecule has 0 amide bonds. The van der Waals surface area contributed by atoms with Gasteiger partial charge in [-0.15, -0.1) is 0 Å². The average molecular weight is 789 g/mol. The molecule has 0 saturated carbocycles. The molecule has 0 aromatic heterocycles. The van der Waals surface area contributed by atoms with E-state index in [2.05, 4.69) is 0 Å². The summed E-state index contributed by atoms with van der Waals surface area (Å²) in [7, 11) is 0. The first-order valence-corrected chi connectivity index (χ1v) is 19.8. The second-order valence-corrected chi connectivity index (χ2v) is 15.2. The van der Waals surface area contributed by atoms with Crippen molar-refractivity contribution < 1.29 is 17.6 Å². The predicted octanol–water partition coefficient (Wildman–Crippen LogP) is 16.0. The number of nitrogens with zero attached hydrogens (tertiary/aromatic N) is 2. The molecule has 0 N–H and O–H groups in total. The summed E-state index contributed by atoms with van der Waals surface area (Å²) in [6.07, 6.45) is 0. The topological polar surface area (TPSA) is 6.48 Å². The quantitative estimate of drug-likeness (QED) is 0.112. The van der Waals surface area contributed by atoms with Gasteiger partial charge in [-0.25, -0.2) is 17.6 Å². The molecule has 10 rings (SSSR count). The molecule has 0 bridgehead atoms. The van der Waals surface area contributed by atoms with Crippen molar-refractivity contribution in [2.24, 2.45) is 0 Å². The summed E-state index contributed by atoms with van der Waals surface area (Å²) in [5.74, 6) is -2.75. The van der Waals surface area contributed by atoms with Gasteiger partial charge >= 0.3 is 0 Å². The van der Waals surface area contributed by atoms with E-state index < -0.39 is 23.3 Å². The zero-order valence-corrected chi connectivity index (χ0v) is 32.7. The SMILES string of the molecule is Cc1ccc(-c2cc(F)cc(F)c2N(c2ccccc2)c2ccc3ccc4c(N(c5ccccc5)c5c(F)cc(F)cc5-c5ccc(C)cc5)ccc5ccc2c3c54)cc1. The van der Waals surface area contributed by atoms with Crippen molar-refractivity contribution in [3.63, 3.8) is 0 Å². The van der Waals surface area contributed by atoms with Crippen molar-refractivity contribution in [3.8, 4) is 22.3 Å². The van der Waals surface area contributed by atoms with E-state index in [1.165, 1.54) is 12.1 Å². The molecule has 0 atom stereocenters. The molecule has 60 heavy (non-hydrogen) atoms. The molecule has 0 unspecified atom stereocenters. The van der Waals surface area contributed by atoms with Gasteiger partial charge in [0.2, 0.25) is 0 Å². The van der Waals surface area contributed by atoms with E-state index in [1.54, 1.807) is 0 Å². The van der Waals surface area contributed by atoms with Crippen molar-refractivity contribution in [2.45, 2.75) is 13.8 Å². The summed E-state index contributed by atoms with van der Waals surface area (Å²) in [6.45, 7) is 3.95. The summed E-state index contributed by atoms with van der Waals surface area (Å²) in [5.41, 5.74) is 7.44. The van der Waals surface area contributed by atoms with Crippen LogP contribution in [0.5, 0.6) is 0 Å². The Balaban J connectivity index is 1.26. The third-order valence-corrected chi connectivity index (χ3v) is 11.4. The molecule has 0 aliphatic rings. The molecule has 0 radical (unpaired) electrons. The Kier molecular flexibility index (Phi) is 9.06. The van der Waals surface area contributed by atoms with E-state index in [0.29, 0.717) is 45.0 Å². The van der Waals surface area contributed by atoms with Gasteiger partial charge < -0.3 is 9.80 Å². The lowest BCUT2D eigenvalue weighted by Crippen LogP contribution is -2.15. The lowest BCUT2D eigenvalue weighted by atomic mass is 9.91. The molecule has 0 aliphatic heterocycles. The van der Waals surface area contributed by atoms with Crippen LogP contribution in [0.2, 0.25) is 0 Å². The van der Waals surface area contributed by atoms with Crippen LogP contribution in [-0.2, 0) is 0 Å². The number of halogens is 4. The molecule has 6 heteroatoms. The Labute approximate surface area is 345 Å². The predicted molar refractivity (Wildman–Crippen MR) is 240 cm³/mol. The molecular weight excluding hydrogens is 753 g/mol. The fourth-order valence-corrected chi connectivity index (χ4v) is 8.58. The molecule has 0 spiro atoms. The zero-order chi connectivity index (χ0) is 41.1. The second-order valence-electron chi connectivity index (χ2n) is 15.2. The molecule has 0 aliphatic carbocycles. The molecule has 0 fully saturated rings. The lowest BCUT2D eigenvalue weighted by Gasteiger charge is -2.31. The molecule has 10 aromatic carbocycles. The van der Waals surface area contributed by atoms with Crippen molar-refractivity contribution in [1.82, 2.24) is 0 Å². The Morgan fingerprint density at radius 2 is 0.733 bits per heavy atom. The number of hydrogen-bond acceptors (Lipinski definition) is 2. The van der Waals surface area contributed by atoms with Crippen LogP contribution >= 0.6 is 0 Å². The van der Waals surface area contributed by atoms with E-state index in [1.807, 2.05) is 181 Å². The second kappa shape index (κ2) is 14.7. The van der Waals surface area contributed by atoms with E-state index in [0.717, 1.165) is 55.6 Å². The molecule has 0 saturated heterocycles. The summed E-state index contributed by atoms with van der Waals surface area (Å²) >= 11 is 0. The molecule has 290 valence electrons. The third kappa shape index (κ3) is 6.29. The normalized spacial score (nSPS) is 11.5. The maximum absolute atomic E-state index is 16.6. The molecule has 2 nitrogen and oxygen atoms in total. The highest BCUT2D eigenvalue weighted by Crippen LogP contribution is 2.51.